The number of fused-ring (bicyclic) bond motifs is 2. The first kappa shape index (κ1) is 14.6. The molecule has 0 spiro atoms. The van der Waals surface area contributed by atoms with Gasteiger partial charge in [0.1, 0.15) is 11.0 Å². The molecule has 120 valence electrons. The van der Waals surface area contributed by atoms with Gasteiger partial charge in [-0.2, -0.15) is 0 Å². The Labute approximate surface area is 135 Å². The Morgan fingerprint density at radius 3 is 2.77 bits per heavy atom. The molecule has 0 saturated heterocycles. The van der Waals surface area contributed by atoms with Crippen LogP contribution in [-0.2, 0) is 24.2 Å². The van der Waals surface area contributed by atoms with Crippen molar-refractivity contribution in [2.45, 2.75) is 64.0 Å². The van der Waals surface area contributed by atoms with Gasteiger partial charge in [-0.15, -0.1) is 11.3 Å². The zero-order valence-corrected chi connectivity index (χ0v) is 13.7. The van der Waals surface area contributed by atoms with Crippen LogP contribution < -0.4 is 5.32 Å². The summed E-state index contributed by atoms with van der Waals surface area (Å²) >= 11 is 1.79. The number of nitrogens with one attached hydrogen (secondary N) is 1. The van der Waals surface area contributed by atoms with E-state index in [1.165, 1.54) is 36.3 Å². The molecule has 22 heavy (non-hydrogen) atoms. The number of aliphatic carboxylic acids is 1. The van der Waals surface area contributed by atoms with E-state index in [-0.39, 0.29) is 0 Å². The lowest BCUT2D eigenvalue weighted by molar-refractivity contribution is -0.141. The monoisotopic (exact) mass is 320 g/mol. The van der Waals surface area contributed by atoms with Crippen LogP contribution in [0.1, 0.15) is 54.1 Å². The molecule has 3 aliphatic carbocycles. The van der Waals surface area contributed by atoms with Crippen LogP contribution >= 0.6 is 11.3 Å². The van der Waals surface area contributed by atoms with Gasteiger partial charge in [0.15, 0.2) is 0 Å². The van der Waals surface area contributed by atoms with Crippen molar-refractivity contribution in [3.8, 4) is 0 Å². The molecule has 2 saturated carbocycles. The number of carboxylic acids is 1. The molecule has 2 N–H and O–H groups in total. The smallest absolute Gasteiger partial charge is 0.320 e. The SMILES string of the molecule is O=C(O)C(NCc1nc2c(s1)CCCCC2)C1CC2CC2C1. The third-order valence-corrected chi connectivity index (χ3v) is 6.79. The maximum Gasteiger partial charge on any atom is 0.320 e. The maximum atomic E-state index is 11.6. The van der Waals surface area contributed by atoms with Crippen LogP contribution in [0.2, 0.25) is 0 Å². The van der Waals surface area contributed by atoms with Gasteiger partial charge >= 0.3 is 5.97 Å². The molecule has 4 nitrogen and oxygen atoms in total. The van der Waals surface area contributed by atoms with E-state index in [0.29, 0.717) is 12.5 Å². The summed E-state index contributed by atoms with van der Waals surface area (Å²) in [6, 6.07) is -0.392. The van der Waals surface area contributed by atoms with E-state index < -0.39 is 12.0 Å². The fourth-order valence-electron chi connectivity index (χ4n) is 4.34. The van der Waals surface area contributed by atoms with Gasteiger partial charge in [-0.1, -0.05) is 6.42 Å². The predicted octanol–water partition coefficient (Wildman–Crippen LogP) is 3.00. The van der Waals surface area contributed by atoms with Gasteiger partial charge < -0.3 is 5.11 Å². The molecule has 1 aromatic rings. The average Bonchev–Trinajstić information content (AvgIpc) is 3.01. The molecule has 0 aromatic carbocycles. The van der Waals surface area contributed by atoms with Crippen LogP contribution in [0.25, 0.3) is 0 Å². The molecular weight excluding hydrogens is 296 g/mol. The van der Waals surface area contributed by atoms with Crippen LogP contribution in [0.3, 0.4) is 0 Å². The molecule has 3 atom stereocenters. The Bertz CT molecular complexity index is 538. The lowest BCUT2D eigenvalue weighted by Gasteiger charge is -2.21. The largest absolute Gasteiger partial charge is 0.480 e. The minimum atomic E-state index is -0.690. The Hall–Kier alpha value is -0.940. The fraction of sp³-hybridized carbons (Fsp3) is 0.765. The Morgan fingerprint density at radius 1 is 1.23 bits per heavy atom. The molecule has 1 aromatic heterocycles. The van der Waals surface area contributed by atoms with Gasteiger partial charge in [0.25, 0.3) is 0 Å². The third-order valence-electron chi connectivity index (χ3n) is 5.63. The van der Waals surface area contributed by atoms with Crippen molar-refractivity contribution in [3.05, 3.63) is 15.6 Å². The molecule has 0 aliphatic heterocycles. The maximum absolute atomic E-state index is 11.6. The van der Waals surface area contributed by atoms with Gasteiger partial charge in [-0.3, -0.25) is 10.1 Å². The van der Waals surface area contributed by atoms with Crippen molar-refractivity contribution in [2.75, 3.05) is 0 Å². The second-order valence-corrected chi connectivity index (χ2v) is 8.39. The van der Waals surface area contributed by atoms with E-state index in [0.717, 1.165) is 42.5 Å². The standard InChI is InChI=1S/C17H24N2O2S/c20-17(21)16(12-7-10-6-11(10)8-12)18-9-15-19-13-4-2-1-3-5-14(13)22-15/h10-12,16,18H,1-9H2,(H,20,21). The number of rotatable bonds is 5. The second-order valence-electron chi connectivity index (χ2n) is 7.22. The van der Waals surface area contributed by atoms with Crippen LogP contribution in [0.5, 0.6) is 0 Å². The highest BCUT2D eigenvalue weighted by molar-refractivity contribution is 7.11. The Balaban J connectivity index is 1.39. The fourth-order valence-corrected chi connectivity index (χ4v) is 5.45. The normalized spacial score (nSPS) is 31.2. The minimum Gasteiger partial charge on any atom is -0.480 e. The van der Waals surface area contributed by atoms with Crippen molar-refractivity contribution in [3.63, 3.8) is 0 Å². The highest BCUT2D eigenvalue weighted by Gasteiger charge is 2.49. The molecule has 5 heteroatoms. The first-order valence-electron chi connectivity index (χ1n) is 8.64. The van der Waals surface area contributed by atoms with Crippen LogP contribution in [0.4, 0.5) is 0 Å². The number of aryl methyl sites for hydroxylation is 2. The number of nitrogens with zero attached hydrogens (tertiary/aromatic N) is 1. The summed E-state index contributed by atoms with van der Waals surface area (Å²) in [5, 5.41) is 13.9. The topological polar surface area (TPSA) is 62.2 Å². The summed E-state index contributed by atoms with van der Waals surface area (Å²) in [7, 11) is 0. The molecule has 0 amide bonds. The molecule has 1 heterocycles. The Kier molecular flexibility index (Phi) is 3.95. The molecule has 3 unspecified atom stereocenters. The highest BCUT2D eigenvalue weighted by atomic mass is 32.1. The summed E-state index contributed by atoms with van der Waals surface area (Å²) in [4.78, 5) is 17.8. The summed E-state index contributed by atoms with van der Waals surface area (Å²) in [6.07, 6.45) is 9.61. The summed E-state index contributed by atoms with van der Waals surface area (Å²) in [5.41, 5.74) is 1.27. The van der Waals surface area contributed by atoms with E-state index >= 15 is 0 Å². The van der Waals surface area contributed by atoms with Crippen molar-refractivity contribution in [2.24, 2.45) is 17.8 Å². The van der Waals surface area contributed by atoms with Crippen molar-refractivity contribution < 1.29 is 9.90 Å². The van der Waals surface area contributed by atoms with Crippen molar-refractivity contribution >= 4 is 17.3 Å². The predicted molar refractivity (Wildman–Crippen MR) is 86.0 cm³/mol. The molecule has 4 rings (SSSR count). The first-order chi connectivity index (χ1) is 10.7. The number of thiazole rings is 1. The van der Waals surface area contributed by atoms with Crippen LogP contribution in [-0.4, -0.2) is 22.1 Å². The van der Waals surface area contributed by atoms with Gasteiger partial charge in [-0.05, 0) is 62.7 Å². The second kappa shape index (κ2) is 5.93. The van der Waals surface area contributed by atoms with E-state index in [2.05, 4.69) is 5.32 Å². The number of hydrogen-bond donors (Lipinski definition) is 2. The lowest BCUT2D eigenvalue weighted by atomic mass is 9.94. The zero-order chi connectivity index (χ0) is 15.1. The highest BCUT2D eigenvalue weighted by Crippen LogP contribution is 2.55. The van der Waals surface area contributed by atoms with Crippen LogP contribution in [0.15, 0.2) is 0 Å². The number of hydrogen-bond acceptors (Lipinski definition) is 4. The third kappa shape index (κ3) is 2.93. The van der Waals surface area contributed by atoms with E-state index in [9.17, 15) is 9.90 Å². The zero-order valence-electron chi connectivity index (χ0n) is 12.9. The molecule has 2 fully saturated rings. The van der Waals surface area contributed by atoms with E-state index in [1.807, 2.05) is 0 Å². The number of carboxylic acid groups (broad SMARTS) is 1. The lowest BCUT2D eigenvalue weighted by Crippen LogP contribution is -2.42. The van der Waals surface area contributed by atoms with Gasteiger partial charge in [0.05, 0.1) is 5.69 Å². The van der Waals surface area contributed by atoms with Gasteiger partial charge in [0.2, 0.25) is 0 Å². The molecule has 3 aliphatic rings. The average molecular weight is 320 g/mol. The summed E-state index contributed by atoms with van der Waals surface area (Å²) in [5.74, 6) is 1.28. The summed E-state index contributed by atoms with van der Waals surface area (Å²) < 4.78 is 0. The molecule has 0 bridgehead atoms. The molecule has 0 radical (unpaired) electrons. The number of aromatic nitrogens is 1. The number of carbonyl (C=O) groups is 1. The van der Waals surface area contributed by atoms with E-state index in [1.54, 1.807) is 11.3 Å². The quantitative estimate of drug-likeness (QED) is 0.819. The van der Waals surface area contributed by atoms with Crippen molar-refractivity contribution in [1.29, 1.82) is 0 Å². The minimum absolute atomic E-state index is 0.319. The van der Waals surface area contributed by atoms with Gasteiger partial charge in [-0.25, -0.2) is 4.98 Å². The Morgan fingerprint density at radius 2 is 2.00 bits per heavy atom. The van der Waals surface area contributed by atoms with Crippen molar-refractivity contribution in [1.82, 2.24) is 10.3 Å². The molecular formula is C17H24N2O2S. The summed E-state index contributed by atoms with van der Waals surface area (Å²) in [6.45, 7) is 0.612. The first-order valence-corrected chi connectivity index (χ1v) is 9.46. The van der Waals surface area contributed by atoms with E-state index in [4.69, 9.17) is 4.98 Å². The van der Waals surface area contributed by atoms with Gasteiger partial charge in [0, 0.05) is 11.4 Å². The van der Waals surface area contributed by atoms with Crippen LogP contribution in [0, 0.1) is 17.8 Å².